The highest BCUT2D eigenvalue weighted by Crippen LogP contribution is 2.33. The lowest BCUT2D eigenvalue weighted by molar-refractivity contribution is 0.0724. The monoisotopic (exact) mass is 329 g/mol. The Kier molecular flexibility index (Phi) is 4.20. The highest BCUT2D eigenvalue weighted by Gasteiger charge is 2.35. The van der Waals surface area contributed by atoms with Crippen LogP contribution in [0.3, 0.4) is 0 Å². The van der Waals surface area contributed by atoms with Crippen LogP contribution >= 0.6 is 0 Å². The van der Waals surface area contributed by atoms with E-state index in [1.807, 2.05) is 12.1 Å². The summed E-state index contributed by atoms with van der Waals surface area (Å²) in [6.07, 6.45) is 3.42. The van der Waals surface area contributed by atoms with E-state index in [2.05, 4.69) is 38.0 Å². The van der Waals surface area contributed by atoms with Crippen molar-refractivity contribution in [2.24, 2.45) is 7.05 Å². The first-order valence-corrected chi connectivity index (χ1v) is 8.36. The summed E-state index contributed by atoms with van der Waals surface area (Å²) in [6.45, 7) is 6.99. The molecule has 24 heavy (non-hydrogen) atoms. The van der Waals surface area contributed by atoms with Crippen molar-refractivity contribution < 1.29 is 9.18 Å². The molecule has 0 radical (unpaired) electrons. The van der Waals surface area contributed by atoms with E-state index in [4.69, 9.17) is 0 Å². The summed E-state index contributed by atoms with van der Waals surface area (Å²) in [7, 11) is 1.62. The molecule has 0 spiro atoms. The van der Waals surface area contributed by atoms with Crippen molar-refractivity contribution in [3.8, 4) is 0 Å². The molecule has 0 unspecified atom stereocenters. The van der Waals surface area contributed by atoms with Gasteiger partial charge in [0.15, 0.2) is 0 Å². The van der Waals surface area contributed by atoms with Gasteiger partial charge < -0.3 is 4.90 Å². The van der Waals surface area contributed by atoms with Gasteiger partial charge in [-0.2, -0.15) is 4.39 Å². The van der Waals surface area contributed by atoms with Crippen molar-refractivity contribution in [3.63, 3.8) is 0 Å². The minimum Gasteiger partial charge on any atom is -0.331 e. The number of nitrogens with zero attached hydrogens (tertiary/aromatic N) is 3. The van der Waals surface area contributed by atoms with E-state index in [1.165, 1.54) is 16.4 Å². The van der Waals surface area contributed by atoms with Gasteiger partial charge in [-0.3, -0.25) is 9.48 Å². The minimum absolute atomic E-state index is 0.00554. The fraction of sp³-hybridized carbons (Fsp3) is 0.474. The van der Waals surface area contributed by atoms with E-state index < -0.39 is 5.95 Å². The van der Waals surface area contributed by atoms with Crippen molar-refractivity contribution in [2.45, 2.75) is 51.6 Å². The second kappa shape index (κ2) is 6.04. The number of hydrogen-bond acceptors (Lipinski definition) is 2. The number of carbonyl (C=O) groups is 1. The maximum absolute atomic E-state index is 13.9. The van der Waals surface area contributed by atoms with Crippen LogP contribution in [0.2, 0.25) is 0 Å². The zero-order chi connectivity index (χ0) is 17.5. The molecule has 0 saturated heterocycles. The minimum atomic E-state index is -0.697. The normalized spacial score (nSPS) is 14.7. The topological polar surface area (TPSA) is 38.1 Å². The number of aromatic nitrogens is 2. The van der Waals surface area contributed by atoms with E-state index in [0.29, 0.717) is 6.54 Å². The van der Waals surface area contributed by atoms with Crippen LogP contribution in [0.1, 0.15) is 55.1 Å². The maximum atomic E-state index is 13.9. The lowest BCUT2D eigenvalue weighted by atomic mass is 9.83. The van der Waals surface area contributed by atoms with Crippen molar-refractivity contribution in [3.05, 3.63) is 53.1 Å². The third-order valence-electron chi connectivity index (χ3n) is 4.43. The third-order valence-corrected chi connectivity index (χ3v) is 4.43. The number of amides is 1. The summed E-state index contributed by atoms with van der Waals surface area (Å²) in [5.41, 5.74) is 2.39. The molecule has 0 bridgehead atoms. The molecule has 0 aliphatic heterocycles. The first-order chi connectivity index (χ1) is 11.3. The molecule has 1 amide bonds. The van der Waals surface area contributed by atoms with Crippen LogP contribution in [0.4, 0.5) is 4.39 Å². The van der Waals surface area contributed by atoms with E-state index in [9.17, 15) is 9.18 Å². The molecule has 1 aromatic heterocycles. The molecule has 2 aromatic rings. The zero-order valence-corrected chi connectivity index (χ0v) is 14.7. The lowest BCUT2D eigenvalue weighted by Gasteiger charge is -2.27. The second-order valence-corrected chi connectivity index (χ2v) is 7.58. The largest absolute Gasteiger partial charge is 0.331 e. The summed E-state index contributed by atoms with van der Waals surface area (Å²) in [6, 6.07) is 8.38. The van der Waals surface area contributed by atoms with Gasteiger partial charge in [-0.05, 0) is 29.4 Å². The van der Waals surface area contributed by atoms with Crippen LogP contribution < -0.4 is 0 Å². The van der Waals surface area contributed by atoms with Gasteiger partial charge in [0.2, 0.25) is 5.95 Å². The van der Waals surface area contributed by atoms with Gasteiger partial charge in [0, 0.05) is 25.8 Å². The van der Waals surface area contributed by atoms with E-state index in [0.717, 1.165) is 18.4 Å². The Balaban J connectivity index is 1.91. The molecule has 1 aromatic carbocycles. The molecule has 4 nitrogen and oxygen atoms in total. The Morgan fingerprint density at radius 2 is 2.00 bits per heavy atom. The Morgan fingerprint density at radius 1 is 1.33 bits per heavy atom. The summed E-state index contributed by atoms with van der Waals surface area (Å²) < 4.78 is 15.3. The highest BCUT2D eigenvalue weighted by molar-refractivity contribution is 5.94. The summed E-state index contributed by atoms with van der Waals surface area (Å²) in [5.74, 6) is -0.968. The first kappa shape index (κ1) is 16.7. The van der Waals surface area contributed by atoms with Gasteiger partial charge in [0.25, 0.3) is 5.91 Å². The molecule has 1 aliphatic rings. The number of halogens is 1. The molecule has 1 saturated carbocycles. The van der Waals surface area contributed by atoms with Crippen LogP contribution in [0.15, 0.2) is 30.5 Å². The van der Waals surface area contributed by atoms with Crippen LogP contribution in [0.5, 0.6) is 0 Å². The standard InChI is InChI=1S/C19H24FN3O/c1-19(2,3)16-8-6-5-7-13(16)11-23(14-9-10-14)18(24)15-12-22(4)21-17(15)20/h5-8,12,14H,9-11H2,1-4H3. The molecular weight excluding hydrogens is 305 g/mol. The van der Waals surface area contributed by atoms with E-state index in [1.54, 1.807) is 11.9 Å². The predicted octanol–water partition coefficient (Wildman–Crippen LogP) is 3.66. The molecule has 1 heterocycles. The van der Waals surface area contributed by atoms with Crippen molar-refractivity contribution in [2.75, 3.05) is 0 Å². The van der Waals surface area contributed by atoms with Crippen molar-refractivity contribution in [1.82, 2.24) is 14.7 Å². The Labute approximate surface area is 142 Å². The van der Waals surface area contributed by atoms with Crippen LogP contribution in [-0.2, 0) is 19.0 Å². The number of hydrogen-bond donors (Lipinski definition) is 0. The van der Waals surface area contributed by atoms with Gasteiger partial charge in [0.05, 0.1) is 0 Å². The fourth-order valence-electron chi connectivity index (χ4n) is 3.09. The van der Waals surface area contributed by atoms with Gasteiger partial charge in [-0.1, -0.05) is 45.0 Å². The summed E-state index contributed by atoms with van der Waals surface area (Å²) >= 11 is 0. The van der Waals surface area contributed by atoms with Gasteiger partial charge >= 0.3 is 0 Å². The molecule has 0 atom stereocenters. The van der Waals surface area contributed by atoms with Crippen LogP contribution in [0.25, 0.3) is 0 Å². The third kappa shape index (κ3) is 3.35. The lowest BCUT2D eigenvalue weighted by Crippen LogP contribution is -2.34. The van der Waals surface area contributed by atoms with Gasteiger partial charge in [-0.25, -0.2) is 0 Å². The second-order valence-electron chi connectivity index (χ2n) is 7.58. The average Bonchev–Trinajstić information content (AvgIpc) is 3.28. The molecule has 1 fully saturated rings. The molecule has 1 aliphatic carbocycles. The smallest absolute Gasteiger partial charge is 0.260 e. The maximum Gasteiger partial charge on any atom is 0.260 e. The van der Waals surface area contributed by atoms with Crippen molar-refractivity contribution >= 4 is 5.91 Å². The average molecular weight is 329 g/mol. The Bertz CT molecular complexity index is 756. The molecule has 3 rings (SSSR count). The number of rotatable bonds is 4. The predicted molar refractivity (Wildman–Crippen MR) is 91.2 cm³/mol. The van der Waals surface area contributed by atoms with Gasteiger partial charge in [0.1, 0.15) is 5.56 Å². The van der Waals surface area contributed by atoms with Gasteiger partial charge in [-0.15, -0.1) is 5.10 Å². The highest BCUT2D eigenvalue weighted by atomic mass is 19.1. The molecule has 5 heteroatoms. The van der Waals surface area contributed by atoms with E-state index in [-0.39, 0.29) is 22.9 Å². The summed E-state index contributed by atoms with van der Waals surface area (Å²) in [4.78, 5) is 14.7. The van der Waals surface area contributed by atoms with Crippen molar-refractivity contribution in [1.29, 1.82) is 0 Å². The fourth-order valence-corrected chi connectivity index (χ4v) is 3.09. The SMILES string of the molecule is Cn1cc(C(=O)N(Cc2ccccc2C(C)(C)C)C2CC2)c(F)n1. The quantitative estimate of drug-likeness (QED) is 0.858. The summed E-state index contributed by atoms with van der Waals surface area (Å²) in [5, 5.41) is 3.66. The zero-order valence-electron chi connectivity index (χ0n) is 14.7. The molecule has 128 valence electrons. The number of benzene rings is 1. The van der Waals surface area contributed by atoms with E-state index >= 15 is 0 Å². The number of carbonyl (C=O) groups excluding carboxylic acids is 1. The Morgan fingerprint density at radius 3 is 2.54 bits per heavy atom. The Hall–Kier alpha value is -2.17. The molecular formula is C19H24FN3O. The number of aryl methyl sites for hydroxylation is 1. The first-order valence-electron chi connectivity index (χ1n) is 8.36. The molecule has 0 N–H and O–H groups in total. The van der Waals surface area contributed by atoms with Crippen LogP contribution in [0, 0.1) is 5.95 Å². The van der Waals surface area contributed by atoms with Crippen LogP contribution in [-0.4, -0.2) is 26.6 Å².